The van der Waals surface area contributed by atoms with Gasteiger partial charge in [0.2, 0.25) is 11.8 Å². The second kappa shape index (κ2) is 13.7. The van der Waals surface area contributed by atoms with Gasteiger partial charge in [-0.2, -0.15) is 0 Å². The normalized spacial score (nSPS) is 18.4. The summed E-state index contributed by atoms with van der Waals surface area (Å²) in [5, 5.41) is 2.93. The fourth-order valence-electron chi connectivity index (χ4n) is 6.84. The lowest BCUT2D eigenvalue weighted by Gasteiger charge is -2.47. The first kappa shape index (κ1) is 33.2. The number of nitrogens with zero attached hydrogens (tertiary/aromatic N) is 1. The highest BCUT2D eigenvalue weighted by molar-refractivity contribution is 5.98. The Bertz CT molecular complexity index is 1690. The Labute approximate surface area is 273 Å². The molecule has 12 heteroatoms. The maximum atomic E-state index is 14.6. The minimum atomic E-state index is -0.973. The second-order valence-corrected chi connectivity index (χ2v) is 11.3. The third kappa shape index (κ3) is 5.72. The van der Waals surface area contributed by atoms with Crippen molar-refractivity contribution < 1.29 is 47.5 Å². The number of carbonyl (C=O) groups is 3. The van der Waals surface area contributed by atoms with Crippen LogP contribution in [0.5, 0.6) is 34.5 Å². The number of rotatable bonds is 11. The summed E-state index contributed by atoms with van der Waals surface area (Å²) in [5.74, 6) is 1.47. The SMILES string of the molecule is COc1cc(C[C@H]2NC(=O)[C@@H]3Cc4c(OC)c(C)c(OC)c(OC)c4[C@@H](COC(=O)c4ccccc4)N3C2=O)c(OC)c(C)c1OC. The van der Waals surface area contributed by atoms with Gasteiger partial charge in [0.25, 0.3) is 0 Å². The summed E-state index contributed by atoms with van der Waals surface area (Å²) >= 11 is 0. The summed E-state index contributed by atoms with van der Waals surface area (Å²) in [5.41, 5.74) is 3.57. The molecule has 3 atom stereocenters. The second-order valence-electron chi connectivity index (χ2n) is 11.3. The van der Waals surface area contributed by atoms with Crippen molar-refractivity contribution in [3.05, 3.63) is 69.8 Å². The Morgan fingerprint density at radius 3 is 2.02 bits per heavy atom. The molecule has 0 spiro atoms. The standard InChI is InChI=1S/C35H40N2O10/c1-18-28(42-4)21(15-26(41-3)30(18)44-6)14-23-34(39)37-24(33(38)36-23)16-22-27(32(46-8)31(45-7)19(2)29(22)43-5)25(37)17-47-35(40)20-12-10-9-11-13-20/h9-13,15,23-25H,14,16-17H2,1-8H3,(H,36,38)/t23-,24+,25-/m1/s1. The molecule has 2 heterocycles. The summed E-state index contributed by atoms with van der Waals surface area (Å²) in [6.07, 6.45) is 0.241. The smallest absolute Gasteiger partial charge is 0.338 e. The molecule has 12 nitrogen and oxygen atoms in total. The zero-order chi connectivity index (χ0) is 34.0. The molecule has 3 aromatic carbocycles. The van der Waals surface area contributed by atoms with Crippen molar-refractivity contribution in [1.82, 2.24) is 10.2 Å². The number of nitrogens with one attached hydrogen (secondary N) is 1. The Hall–Kier alpha value is -5.13. The highest BCUT2D eigenvalue weighted by Crippen LogP contribution is 2.51. The molecule has 1 fully saturated rings. The van der Waals surface area contributed by atoms with Crippen molar-refractivity contribution >= 4 is 17.8 Å². The van der Waals surface area contributed by atoms with E-state index in [1.165, 1.54) is 47.6 Å². The van der Waals surface area contributed by atoms with Crippen LogP contribution in [0.4, 0.5) is 0 Å². The van der Waals surface area contributed by atoms with E-state index in [-0.39, 0.29) is 31.3 Å². The predicted molar refractivity (Wildman–Crippen MR) is 171 cm³/mol. The Kier molecular flexibility index (Phi) is 9.69. The Morgan fingerprint density at radius 1 is 0.809 bits per heavy atom. The van der Waals surface area contributed by atoms with Gasteiger partial charge in [-0.25, -0.2) is 4.79 Å². The Morgan fingerprint density at radius 2 is 1.43 bits per heavy atom. The average Bonchev–Trinajstić information content (AvgIpc) is 3.08. The van der Waals surface area contributed by atoms with Gasteiger partial charge in [0, 0.05) is 40.7 Å². The van der Waals surface area contributed by atoms with Gasteiger partial charge >= 0.3 is 5.97 Å². The average molecular weight is 649 g/mol. The summed E-state index contributed by atoms with van der Waals surface area (Å²) in [4.78, 5) is 43.1. The number of piperazine rings is 1. The number of esters is 1. The minimum Gasteiger partial charge on any atom is -0.496 e. The molecule has 0 radical (unpaired) electrons. The summed E-state index contributed by atoms with van der Waals surface area (Å²) in [6.45, 7) is 3.40. The third-order valence-electron chi connectivity index (χ3n) is 8.85. The summed E-state index contributed by atoms with van der Waals surface area (Å²) in [7, 11) is 9.14. The topological polar surface area (TPSA) is 131 Å². The molecule has 0 bridgehead atoms. The highest BCUT2D eigenvalue weighted by atomic mass is 16.5. The van der Waals surface area contributed by atoms with Crippen molar-refractivity contribution in [2.24, 2.45) is 0 Å². The molecular formula is C35H40N2O10. The van der Waals surface area contributed by atoms with Crippen LogP contribution >= 0.6 is 0 Å². The molecule has 0 aromatic heterocycles. The third-order valence-corrected chi connectivity index (χ3v) is 8.85. The van der Waals surface area contributed by atoms with Crippen molar-refractivity contribution in [3.63, 3.8) is 0 Å². The van der Waals surface area contributed by atoms with Crippen LogP contribution in [-0.2, 0) is 27.2 Å². The summed E-state index contributed by atoms with van der Waals surface area (Å²) in [6, 6.07) is 7.49. The van der Waals surface area contributed by atoms with Crippen molar-refractivity contribution in [2.45, 2.75) is 44.8 Å². The first-order chi connectivity index (χ1) is 22.6. The monoisotopic (exact) mass is 648 g/mol. The maximum Gasteiger partial charge on any atom is 0.338 e. The van der Waals surface area contributed by atoms with E-state index in [0.29, 0.717) is 67.9 Å². The zero-order valence-electron chi connectivity index (χ0n) is 27.8. The van der Waals surface area contributed by atoms with E-state index < -0.39 is 24.1 Å². The van der Waals surface area contributed by atoms with Gasteiger partial charge in [-0.1, -0.05) is 18.2 Å². The number of ether oxygens (including phenoxy) is 7. The summed E-state index contributed by atoms with van der Waals surface area (Å²) < 4.78 is 40.1. The fourth-order valence-corrected chi connectivity index (χ4v) is 6.84. The lowest BCUT2D eigenvalue weighted by atomic mass is 9.82. The molecule has 3 aromatic rings. The van der Waals surface area contributed by atoms with Crippen LogP contribution in [0.1, 0.15) is 44.2 Å². The Balaban J connectivity index is 1.62. The van der Waals surface area contributed by atoms with Crippen LogP contribution in [-0.4, -0.2) is 84.0 Å². The molecule has 250 valence electrons. The number of amides is 2. The van der Waals surface area contributed by atoms with Crippen LogP contribution in [0.25, 0.3) is 0 Å². The lowest BCUT2D eigenvalue weighted by Crippen LogP contribution is -2.66. The van der Waals surface area contributed by atoms with Gasteiger partial charge in [0.15, 0.2) is 23.0 Å². The molecule has 0 aliphatic carbocycles. The largest absolute Gasteiger partial charge is 0.496 e. The molecule has 0 saturated carbocycles. The number of fused-ring (bicyclic) bond motifs is 2. The molecule has 2 aliphatic rings. The van der Waals surface area contributed by atoms with E-state index in [1.54, 1.807) is 36.4 Å². The maximum absolute atomic E-state index is 14.6. The molecule has 5 rings (SSSR count). The minimum absolute atomic E-state index is 0.0964. The van der Waals surface area contributed by atoms with Crippen LogP contribution in [0.3, 0.4) is 0 Å². The molecular weight excluding hydrogens is 608 g/mol. The van der Waals surface area contributed by atoms with Crippen LogP contribution in [0, 0.1) is 13.8 Å². The lowest BCUT2D eigenvalue weighted by molar-refractivity contribution is -0.154. The van der Waals surface area contributed by atoms with E-state index in [0.717, 1.165) is 0 Å². The quantitative estimate of drug-likeness (QED) is 0.307. The molecule has 2 aliphatic heterocycles. The van der Waals surface area contributed by atoms with Crippen molar-refractivity contribution in [2.75, 3.05) is 49.3 Å². The van der Waals surface area contributed by atoms with E-state index in [9.17, 15) is 14.4 Å². The number of carbonyl (C=O) groups excluding carboxylic acids is 3. The fraction of sp³-hybridized carbons (Fsp3) is 0.400. The highest BCUT2D eigenvalue weighted by Gasteiger charge is 2.50. The predicted octanol–water partition coefficient (Wildman–Crippen LogP) is 3.75. The number of hydrogen-bond acceptors (Lipinski definition) is 10. The van der Waals surface area contributed by atoms with E-state index >= 15 is 0 Å². The van der Waals surface area contributed by atoms with Gasteiger partial charge in [-0.05, 0) is 32.0 Å². The van der Waals surface area contributed by atoms with Gasteiger partial charge in [0.05, 0.1) is 54.3 Å². The number of hydrogen-bond donors (Lipinski definition) is 1. The van der Waals surface area contributed by atoms with Crippen molar-refractivity contribution in [3.8, 4) is 34.5 Å². The zero-order valence-corrected chi connectivity index (χ0v) is 27.8. The van der Waals surface area contributed by atoms with Crippen LogP contribution in [0.2, 0.25) is 0 Å². The van der Waals surface area contributed by atoms with E-state index in [4.69, 9.17) is 33.2 Å². The number of methoxy groups -OCH3 is 6. The molecule has 47 heavy (non-hydrogen) atoms. The molecule has 1 saturated heterocycles. The van der Waals surface area contributed by atoms with Gasteiger partial charge in [0.1, 0.15) is 30.2 Å². The van der Waals surface area contributed by atoms with Gasteiger partial charge < -0.3 is 43.4 Å². The van der Waals surface area contributed by atoms with E-state index in [1.807, 2.05) is 13.8 Å². The number of benzene rings is 3. The van der Waals surface area contributed by atoms with Crippen LogP contribution in [0.15, 0.2) is 36.4 Å². The first-order valence-electron chi connectivity index (χ1n) is 15.1. The van der Waals surface area contributed by atoms with Gasteiger partial charge in [-0.3, -0.25) is 9.59 Å². The van der Waals surface area contributed by atoms with Crippen LogP contribution < -0.4 is 33.7 Å². The molecule has 0 unspecified atom stereocenters. The van der Waals surface area contributed by atoms with E-state index in [2.05, 4.69) is 5.32 Å². The molecule has 1 N–H and O–H groups in total. The van der Waals surface area contributed by atoms with Gasteiger partial charge in [-0.15, -0.1) is 0 Å². The first-order valence-corrected chi connectivity index (χ1v) is 15.1. The molecule has 2 amide bonds. The van der Waals surface area contributed by atoms with Crippen molar-refractivity contribution in [1.29, 1.82) is 0 Å².